The van der Waals surface area contributed by atoms with Gasteiger partial charge in [0.05, 0.1) is 0 Å². The van der Waals surface area contributed by atoms with Gasteiger partial charge >= 0.3 is 40.3 Å². The number of hydrogen-bond donors (Lipinski definition) is 3. The zero-order valence-electron chi connectivity index (χ0n) is 5.35. The molecular weight excluding hydrogens is 343 g/mol. The molecule has 0 saturated carbocycles. The maximum Gasteiger partial charge on any atom is 2.00 e. The molecule has 0 aliphatic carbocycles. The molecule has 3 N–H and O–H groups in total. The van der Waals surface area contributed by atoms with Gasteiger partial charge in [-0.1, -0.05) is 0 Å². The van der Waals surface area contributed by atoms with E-state index >= 15 is 0 Å². The molecule has 7 nitrogen and oxygen atoms in total. The van der Waals surface area contributed by atoms with Crippen LogP contribution >= 0.6 is 0 Å². The molecule has 88 valence electrons. The molecule has 0 aromatic rings. The Hall–Kier alpha value is 1.38. The van der Waals surface area contributed by atoms with Crippen molar-refractivity contribution in [2.24, 2.45) is 0 Å². The minimum Gasteiger partial charge on any atom is -1.00 e. The van der Waals surface area contributed by atoms with E-state index in [1.165, 1.54) is 0 Å². The van der Waals surface area contributed by atoms with Crippen molar-refractivity contribution in [2.75, 3.05) is 0 Å². The Kier molecular flexibility index (Phi) is 53.7. The summed E-state index contributed by atoms with van der Waals surface area (Å²) in [7, 11) is -7.33. The SMILES string of the molecule is O=S(=O)([O-])[O-].OB(O)O.[Cl-].[Cl-].[Ni+2].[Ni+2]. The van der Waals surface area contributed by atoms with E-state index in [1.807, 2.05) is 0 Å². The van der Waals surface area contributed by atoms with Gasteiger partial charge < -0.3 is 49.0 Å². The van der Waals surface area contributed by atoms with Crippen molar-refractivity contribution in [1.82, 2.24) is 0 Å². The maximum absolute atomic E-state index is 8.52. The molecule has 13 heteroatoms. The second-order valence-corrected chi connectivity index (χ2v) is 1.57. The van der Waals surface area contributed by atoms with Crippen molar-refractivity contribution in [2.45, 2.75) is 0 Å². The van der Waals surface area contributed by atoms with Gasteiger partial charge in [-0.3, -0.25) is 8.42 Å². The van der Waals surface area contributed by atoms with E-state index in [-0.39, 0.29) is 57.8 Å². The van der Waals surface area contributed by atoms with Crippen LogP contribution in [0, 0.1) is 0 Å². The molecule has 0 aliphatic rings. The third-order valence-electron chi connectivity index (χ3n) is 0. The smallest absolute Gasteiger partial charge is 1.00 e. The summed E-state index contributed by atoms with van der Waals surface area (Å²) in [6, 6.07) is 0. The number of rotatable bonds is 0. The van der Waals surface area contributed by atoms with Gasteiger partial charge in [0.15, 0.2) is 0 Å². The van der Waals surface area contributed by atoms with Gasteiger partial charge in [0, 0.05) is 10.4 Å². The van der Waals surface area contributed by atoms with E-state index in [1.54, 1.807) is 0 Å². The largest absolute Gasteiger partial charge is 2.00 e. The molecule has 0 aromatic carbocycles. The second-order valence-electron chi connectivity index (χ2n) is 0.755. The quantitative estimate of drug-likeness (QED) is 0.225. The fraction of sp³-hybridized carbons (Fsp3) is 0. The van der Waals surface area contributed by atoms with E-state index in [4.69, 9.17) is 32.6 Å². The topological polar surface area (TPSA) is 141 Å². The Morgan fingerprint density at radius 2 is 0.923 bits per heavy atom. The van der Waals surface area contributed by atoms with Gasteiger partial charge in [-0.25, -0.2) is 0 Å². The second kappa shape index (κ2) is 19.0. The molecule has 0 spiro atoms. The summed E-state index contributed by atoms with van der Waals surface area (Å²) < 4.78 is 34.1. The first-order chi connectivity index (χ1) is 3.73. The first kappa shape index (κ1) is 36.7. The van der Waals surface area contributed by atoms with Crippen LogP contribution in [0.1, 0.15) is 0 Å². The monoisotopic (exact) mass is 344 g/mol. The molecular formula is H3BCl2Ni2O7S. The minimum absolute atomic E-state index is 0. The summed E-state index contributed by atoms with van der Waals surface area (Å²) in [6.07, 6.45) is 0. The third kappa shape index (κ3) is 908. The van der Waals surface area contributed by atoms with Crippen molar-refractivity contribution in [3.05, 3.63) is 0 Å². The first-order valence-electron chi connectivity index (χ1n) is 1.44. The van der Waals surface area contributed by atoms with Crippen molar-refractivity contribution < 1.29 is 90.4 Å². The predicted molar refractivity (Wildman–Crippen MR) is 22.9 cm³/mol. The van der Waals surface area contributed by atoms with E-state index in [0.717, 1.165) is 0 Å². The normalized spacial score (nSPS) is 6.54. The molecule has 0 saturated heterocycles. The Morgan fingerprint density at radius 1 is 0.923 bits per heavy atom. The fourth-order valence-electron chi connectivity index (χ4n) is 0. The van der Waals surface area contributed by atoms with Gasteiger partial charge in [-0.05, 0) is 0 Å². The van der Waals surface area contributed by atoms with Gasteiger partial charge in [0.25, 0.3) is 0 Å². The van der Waals surface area contributed by atoms with Crippen LogP contribution in [-0.2, 0) is 43.4 Å². The van der Waals surface area contributed by atoms with Crippen LogP contribution in [-0.4, -0.2) is 39.9 Å². The fourth-order valence-corrected chi connectivity index (χ4v) is 0. The van der Waals surface area contributed by atoms with Crippen molar-refractivity contribution in [3.63, 3.8) is 0 Å². The van der Waals surface area contributed by atoms with E-state index in [9.17, 15) is 0 Å². The maximum atomic E-state index is 8.52. The van der Waals surface area contributed by atoms with Crippen molar-refractivity contribution in [3.8, 4) is 0 Å². The molecule has 0 aliphatic heterocycles. The average molecular weight is 346 g/mol. The summed E-state index contributed by atoms with van der Waals surface area (Å²) in [6.45, 7) is 0. The summed E-state index contributed by atoms with van der Waals surface area (Å²) in [5.41, 5.74) is 0. The van der Waals surface area contributed by atoms with Gasteiger partial charge in [-0.15, -0.1) is 0 Å². The first-order valence-corrected chi connectivity index (χ1v) is 2.77. The zero-order valence-corrected chi connectivity index (χ0v) is 9.65. The van der Waals surface area contributed by atoms with E-state index < -0.39 is 17.7 Å². The summed E-state index contributed by atoms with van der Waals surface area (Å²) in [5, 5.41) is 21.5. The van der Waals surface area contributed by atoms with E-state index in [0.29, 0.717) is 0 Å². The van der Waals surface area contributed by atoms with Crippen molar-refractivity contribution >= 4 is 17.7 Å². The van der Waals surface area contributed by atoms with Crippen LogP contribution in [0.25, 0.3) is 0 Å². The molecule has 0 unspecified atom stereocenters. The number of hydrogen-bond acceptors (Lipinski definition) is 7. The summed E-state index contributed by atoms with van der Waals surface area (Å²) in [4.78, 5) is 0. The zero-order chi connectivity index (χ0) is 8.08. The molecule has 0 aromatic heterocycles. The minimum atomic E-state index is -5.17. The Morgan fingerprint density at radius 3 is 0.923 bits per heavy atom. The van der Waals surface area contributed by atoms with Crippen LogP contribution in [0.3, 0.4) is 0 Å². The summed E-state index contributed by atoms with van der Waals surface area (Å²) in [5.74, 6) is 0. The van der Waals surface area contributed by atoms with Crippen LogP contribution < -0.4 is 24.8 Å². The predicted octanol–water partition coefficient (Wildman–Crippen LogP) is -9.39. The molecule has 13 heavy (non-hydrogen) atoms. The molecule has 0 bridgehead atoms. The Bertz CT molecular complexity index is 136. The standard InChI is InChI=1S/BH3O3.2ClH.2Ni.H2O4S/c2-1(3)4;;;;;1-5(2,3)4/h2-4H;2*1H;;;(H2,1,2,3,4)/q;;;2*+2;/p-4. The van der Waals surface area contributed by atoms with Crippen LogP contribution in [0.4, 0.5) is 0 Å². The number of halogens is 2. The van der Waals surface area contributed by atoms with Crippen LogP contribution in [0.5, 0.6) is 0 Å². The van der Waals surface area contributed by atoms with Gasteiger partial charge in [-0.2, -0.15) is 0 Å². The molecule has 0 heterocycles. The van der Waals surface area contributed by atoms with Crippen molar-refractivity contribution in [1.29, 1.82) is 0 Å². The Balaban J connectivity index is -0.0000000146. The molecule has 0 atom stereocenters. The average Bonchev–Trinajstić information content (AvgIpc) is 1.19. The molecule has 0 radical (unpaired) electrons. The van der Waals surface area contributed by atoms with Crippen LogP contribution in [0.2, 0.25) is 0 Å². The van der Waals surface area contributed by atoms with Gasteiger partial charge in [0.2, 0.25) is 0 Å². The van der Waals surface area contributed by atoms with Crippen LogP contribution in [0.15, 0.2) is 0 Å². The van der Waals surface area contributed by atoms with Gasteiger partial charge in [0.1, 0.15) is 0 Å². The van der Waals surface area contributed by atoms with E-state index in [2.05, 4.69) is 0 Å². The Labute approximate surface area is 108 Å². The molecule has 0 amide bonds. The summed E-state index contributed by atoms with van der Waals surface area (Å²) >= 11 is 0. The molecule has 0 rings (SSSR count). The third-order valence-corrected chi connectivity index (χ3v) is 0. The molecule has 0 fully saturated rings.